The molecule has 6 heteroatoms. The predicted octanol–water partition coefficient (Wildman–Crippen LogP) is 3.65. The van der Waals surface area contributed by atoms with Gasteiger partial charge in [-0.15, -0.1) is 0 Å². The second kappa shape index (κ2) is 5.91. The highest BCUT2D eigenvalue weighted by Crippen LogP contribution is 2.22. The molecular weight excluding hydrogens is 287 g/mol. The third-order valence-corrected chi connectivity index (χ3v) is 2.94. The number of anilines is 1. The average molecular weight is 297 g/mol. The van der Waals surface area contributed by atoms with Crippen LogP contribution in [0.3, 0.4) is 0 Å². The van der Waals surface area contributed by atoms with Crippen molar-refractivity contribution in [3.8, 4) is 5.88 Å². The second-order valence-corrected chi connectivity index (χ2v) is 4.51. The Morgan fingerprint density at radius 1 is 1.26 bits per heavy atom. The van der Waals surface area contributed by atoms with Gasteiger partial charge in [0.05, 0.1) is 29.6 Å². The molecule has 2 rings (SSSR count). The summed E-state index contributed by atoms with van der Waals surface area (Å²) in [4.78, 5) is 16.0. The quantitative estimate of drug-likeness (QED) is 0.940. The number of amides is 1. The summed E-state index contributed by atoms with van der Waals surface area (Å²) in [6, 6.07) is 8.04. The van der Waals surface area contributed by atoms with E-state index >= 15 is 0 Å². The lowest BCUT2D eigenvalue weighted by atomic mass is 10.2. The number of methoxy groups -OCH3 is 1. The number of benzene rings is 1. The fourth-order valence-electron chi connectivity index (χ4n) is 1.44. The molecule has 1 amide bonds. The molecule has 0 radical (unpaired) electrons. The van der Waals surface area contributed by atoms with Gasteiger partial charge < -0.3 is 10.1 Å². The van der Waals surface area contributed by atoms with Crippen molar-refractivity contribution in [1.82, 2.24) is 4.98 Å². The van der Waals surface area contributed by atoms with E-state index in [4.69, 9.17) is 27.9 Å². The molecule has 0 unspecified atom stereocenters. The normalized spacial score (nSPS) is 10.1. The lowest BCUT2D eigenvalue weighted by molar-refractivity contribution is 0.102. The minimum Gasteiger partial charge on any atom is -0.481 e. The maximum absolute atomic E-state index is 12.0. The molecule has 98 valence electrons. The van der Waals surface area contributed by atoms with E-state index in [1.165, 1.54) is 19.4 Å². The topological polar surface area (TPSA) is 51.2 Å². The molecule has 0 bridgehead atoms. The highest BCUT2D eigenvalue weighted by molar-refractivity contribution is 6.36. The van der Waals surface area contributed by atoms with E-state index in [1.54, 1.807) is 24.3 Å². The van der Waals surface area contributed by atoms with E-state index in [0.717, 1.165) is 0 Å². The summed E-state index contributed by atoms with van der Waals surface area (Å²) in [5.74, 6) is 0.123. The maximum atomic E-state index is 12.0. The molecule has 0 fully saturated rings. The van der Waals surface area contributed by atoms with Crippen LogP contribution in [0.15, 0.2) is 36.5 Å². The van der Waals surface area contributed by atoms with Gasteiger partial charge in [-0.05, 0) is 24.3 Å². The lowest BCUT2D eigenvalue weighted by Crippen LogP contribution is -2.12. The van der Waals surface area contributed by atoms with Crippen LogP contribution in [0.25, 0.3) is 0 Å². The molecule has 0 aliphatic carbocycles. The molecule has 0 saturated heterocycles. The summed E-state index contributed by atoms with van der Waals surface area (Å²) in [5, 5.41) is 3.46. The third-order valence-electron chi connectivity index (χ3n) is 2.38. The number of ether oxygens (including phenoxy) is 1. The number of rotatable bonds is 3. The van der Waals surface area contributed by atoms with E-state index in [9.17, 15) is 4.79 Å². The van der Waals surface area contributed by atoms with Crippen LogP contribution in [-0.4, -0.2) is 18.0 Å². The van der Waals surface area contributed by atoms with Crippen molar-refractivity contribution >= 4 is 34.8 Å². The van der Waals surface area contributed by atoms with Crippen molar-refractivity contribution < 1.29 is 9.53 Å². The van der Waals surface area contributed by atoms with E-state index in [-0.39, 0.29) is 5.91 Å². The Bertz CT molecular complexity index is 600. The SMILES string of the molecule is COc1ccc(NC(=O)c2cc(Cl)ccc2Cl)cn1. The molecule has 0 aliphatic heterocycles. The Labute approximate surface area is 120 Å². The largest absolute Gasteiger partial charge is 0.481 e. The fourth-order valence-corrected chi connectivity index (χ4v) is 1.82. The van der Waals surface area contributed by atoms with Crippen molar-refractivity contribution in [2.45, 2.75) is 0 Å². The van der Waals surface area contributed by atoms with Crippen molar-refractivity contribution in [3.63, 3.8) is 0 Å². The first-order valence-corrected chi connectivity index (χ1v) is 6.12. The summed E-state index contributed by atoms with van der Waals surface area (Å²) >= 11 is 11.8. The van der Waals surface area contributed by atoms with Crippen LogP contribution in [-0.2, 0) is 0 Å². The molecule has 0 saturated carbocycles. The summed E-state index contributed by atoms with van der Waals surface area (Å²) in [5.41, 5.74) is 0.854. The minimum absolute atomic E-state index is 0.310. The van der Waals surface area contributed by atoms with Gasteiger partial charge in [0.25, 0.3) is 5.91 Å². The molecule has 0 spiro atoms. The van der Waals surface area contributed by atoms with Crippen molar-refractivity contribution in [2.75, 3.05) is 12.4 Å². The Kier molecular flexibility index (Phi) is 4.24. The van der Waals surface area contributed by atoms with Crippen molar-refractivity contribution in [2.24, 2.45) is 0 Å². The summed E-state index contributed by atoms with van der Waals surface area (Å²) in [7, 11) is 1.52. The van der Waals surface area contributed by atoms with Gasteiger partial charge in [0.15, 0.2) is 0 Å². The smallest absolute Gasteiger partial charge is 0.257 e. The lowest BCUT2D eigenvalue weighted by Gasteiger charge is -2.07. The van der Waals surface area contributed by atoms with Crippen LogP contribution < -0.4 is 10.1 Å². The number of hydrogen-bond acceptors (Lipinski definition) is 3. The molecule has 19 heavy (non-hydrogen) atoms. The summed E-state index contributed by atoms with van der Waals surface area (Å²) in [6.07, 6.45) is 1.50. The zero-order valence-electron chi connectivity index (χ0n) is 9.98. The number of carbonyl (C=O) groups is 1. The molecular formula is C13H10Cl2N2O2. The van der Waals surface area contributed by atoms with E-state index in [2.05, 4.69) is 10.3 Å². The number of nitrogens with zero attached hydrogens (tertiary/aromatic N) is 1. The van der Waals surface area contributed by atoms with Crippen LogP contribution in [0.2, 0.25) is 10.0 Å². The number of halogens is 2. The van der Waals surface area contributed by atoms with Crippen molar-refractivity contribution in [3.05, 3.63) is 52.1 Å². The van der Waals surface area contributed by atoms with Crippen LogP contribution in [0.5, 0.6) is 5.88 Å². The van der Waals surface area contributed by atoms with Gasteiger partial charge in [0.1, 0.15) is 0 Å². The van der Waals surface area contributed by atoms with Gasteiger partial charge in [-0.3, -0.25) is 4.79 Å². The average Bonchev–Trinajstić information content (AvgIpc) is 2.42. The van der Waals surface area contributed by atoms with Crippen LogP contribution in [0.1, 0.15) is 10.4 Å². The van der Waals surface area contributed by atoms with Gasteiger partial charge in [0.2, 0.25) is 5.88 Å². The summed E-state index contributed by atoms with van der Waals surface area (Å²) < 4.78 is 4.93. The zero-order chi connectivity index (χ0) is 13.8. The molecule has 0 atom stereocenters. The number of aromatic nitrogens is 1. The first-order chi connectivity index (χ1) is 9.10. The predicted molar refractivity (Wildman–Crippen MR) is 75.2 cm³/mol. The van der Waals surface area contributed by atoms with E-state index < -0.39 is 0 Å². The van der Waals surface area contributed by atoms with Gasteiger partial charge in [0, 0.05) is 11.1 Å². The van der Waals surface area contributed by atoms with Crippen LogP contribution in [0, 0.1) is 0 Å². The number of nitrogens with one attached hydrogen (secondary N) is 1. The van der Waals surface area contributed by atoms with Gasteiger partial charge in [-0.25, -0.2) is 4.98 Å². The Hall–Kier alpha value is -1.78. The molecule has 0 aliphatic rings. The monoisotopic (exact) mass is 296 g/mol. The Balaban J connectivity index is 2.18. The highest BCUT2D eigenvalue weighted by Gasteiger charge is 2.11. The first-order valence-electron chi connectivity index (χ1n) is 5.36. The minimum atomic E-state index is -0.348. The standard InChI is InChI=1S/C13H10Cl2N2O2/c1-19-12-5-3-9(7-16-12)17-13(18)10-6-8(14)2-4-11(10)15/h2-7H,1H3,(H,17,18). The van der Waals surface area contributed by atoms with Crippen molar-refractivity contribution in [1.29, 1.82) is 0 Å². The molecule has 4 nitrogen and oxygen atoms in total. The molecule has 1 N–H and O–H groups in total. The zero-order valence-corrected chi connectivity index (χ0v) is 11.5. The Morgan fingerprint density at radius 2 is 2.05 bits per heavy atom. The molecule has 1 aromatic carbocycles. The number of pyridine rings is 1. The molecule has 1 aromatic heterocycles. The number of carbonyl (C=O) groups excluding carboxylic acids is 1. The van der Waals surface area contributed by atoms with E-state index in [0.29, 0.717) is 27.2 Å². The fraction of sp³-hybridized carbons (Fsp3) is 0.0769. The van der Waals surface area contributed by atoms with E-state index in [1.807, 2.05) is 0 Å². The number of hydrogen-bond donors (Lipinski definition) is 1. The maximum Gasteiger partial charge on any atom is 0.257 e. The highest BCUT2D eigenvalue weighted by atomic mass is 35.5. The van der Waals surface area contributed by atoms with Gasteiger partial charge >= 0.3 is 0 Å². The third kappa shape index (κ3) is 3.36. The first kappa shape index (κ1) is 13.6. The van der Waals surface area contributed by atoms with Crippen LogP contribution in [0.4, 0.5) is 5.69 Å². The summed E-state index contributed by atoms with van der Waals surface area (Å²) in [6.45, 7) is 0. The molecule has 1 heterocycles. The van der Waals surface area contributed by atoms with Gasteiger partial charge in [-0.1, -0.05) is 23.2 Å². The Morgan fingerprint density at radius 3 is 2.68 bits per heavy atom. The van der Waals surface area contributed by atoms with Crippen LogP contribution >= 0.6 is 23.2 Å². The van der Waals surface area contributed by atoms with Gasteiger partial charge in [-0.2, -0.15) is 0 Å². The second-order valence-electron chi connectivity index (χ2n) is 3.67. The molecule has 2 aromatic rings.